The van der Waals surface area contributed by atoms with E-state index in [4.69, 9.17) is 16.3 Å². The second-order valence-corrected chi connectivity index (χ2v) is 4.00. The fourth-order valence-corrected chi connectivity index (χ4v) is 1.81. The average Bonchev–Trinajstić information content (AvgIpc) is 2.23. The van der Waals surface area contributed by atoms with E-state index in [1.165, 1.54) is 19.1 Å². The van der Waals surface area contributed by atoms with Gasteiger partial charge in [0.1, 0.15) is 5.82 Å². The maximum Gasteiger partial charge on any atom is 0.339 e. The number of halogens is 2. The quantitative estimate of drug-likeness (QED) is 0.709. The Bertz CT molecular complexity index is 484. The number of hydrogen-bond donors (Lipinski definition) is 0. The van der Waals surface area contributed by atoms with Gasteiger partial charge in [0.05, 0.1) is 10.6 Å². The minimum absolute atomic E-state index is 0.0444. The first-order valence-corrected chi connectivity index (χ1v) is 5.07. The van der Waals surface area contributed by atoms with E-state index >= 15 is 0 Å². The summed E-state index contributed by atoms with van der Waals surface area (Å²) in [5.74, 6) is -1.64. The summed E-state index contributed by atoms with van der Waals surface area (Å²) in [6.07, 6.45) is -0.865. The van der Waals surface area contributed by atoms with Gasteiger partial charge < -0.3 is 4.74 Å². The van der Waals surface area contributed by atoms with Crippen LogP contribution in [0.1, 0.15) is 22.8 Å². The summed E-state index contributed by atoms with van der Waals surface area (Å²) in [5, 5.41) is -0.0595. The normalized spacial score (nSPS) is 18.9. The lowest BCUT2D eigenvalue weighted by atomic mass is 9.96. The molecule has 0 N–H and O–H groups in total. The summed E-state index contributed by atoms with van der Waals surface area (Å²) in [6.45, 7) is 1.30. The van der Waals surface area contributed by atoms with Gasteiger partial charge in [0, 0.05) is 12.0 Å². The van der Waals surface area contributed by atoms with E-state index in [0.29, 0.717) is 0 Å². The van der Waals surface area contributed by atoms with E-state index in [2.05, 4.69) is 0 Å². The first-order chi connectivity index (χ1) is 7.50. The third kappa shape index (κ3) is 1.69. The van der Waals surface area contributed by atoms with E-state index in [9.17, 15) is 14.0 Å². The Morgan fingerprint density at radius 1 is 1.56 bits per heavy atom. The van der Waals surface area contributed by atoms with E-state index in [1.54, 1.807) is 0 Å². The van der Waals surface area contributed by atoms with Crippen LogP contribution in [0, 0.1) is 5.82 Å². The number of ether oxygens (including phenoxy) is 1. The van der Waals surface area contributed by atoms with Crippen LogP contribution in [-0.2, 0) is 16.0 Å². The van der Waals surface area contributed by atoms with Crippen LogP contribution < -0.4 is 0 Å². The third-order valence-electron chi connectivity index (χ3n) is 2.51. The molecule has 1 aliphatic rings. The zero-order chi connectivity index (χ0) is 11.9. The lowest BCUT2D eigenvalue weighted by Gasteiger charge is -2.23. The average molecular weight is 243 g/mol. The number of benzene rings is 1. The maximum atomic E-state index is 13.6. The molecule has 0 fully saturated rings. The Labute approximate surface area is 96.2 Å². The van der Waals surface area contributed by atoms with Crippen molar-refractivity contribution in [2.45, 2.75) is 19.4 Å². The van der Waals surface area contributed by atoms with E-state index in [0.717, 1.165) is 0 Å². The van der Waals surface area contributed by atoms with Crippen molar-refractivity contribution in [3.63, 3.8) is 0 Å². The molecule has 0 bridgehead atoms. The second-order valence-electron chi connectivity index (χ2n) is 3.60. The maximum absolute atomic E-state index is 13.6. The molecular weight excluding hydrogens is 235 g/mol. The van der Waals surface area contributed by atoms with Gasteiger partial charge in [-0.15, -0.1) is 0 Å². The summed E-state index contributed by atoms with van der Waals surface area (Å²) in [5.41, 5.74) is 0.295. The fraction of sp³-hybridized carbons (Fsp3) is 0.273. The monoisotopic (exact) mass is 242 g/mol. The van der Waals surface area contributed by atoms with Gasteiger partial charge in [-0.25, -0.2) is 9.18 Å². The topological polar surface area (TPSA) is 43.4 Å². The van der Waals surface area contributed by atoms with Gasteiger partial charge in [-0.1, -0.05) is 11.6 Å². The summed E-state index contributed by atoms with van der Waals surface area (Å²) in [7, 11) is 0. The molecule has 1 aromatic rings. The predicted molar refractivity (Wildman–Crippen MR) is 55.0 cm³/mol. The second kappa shape index (κ2) is 3.87. The Kier molecular flexibility index (Phi) is 2.68. The lowest BCUT2D eigenvalue weighted by Crippen LogP contribution is -2.33. The minimum atomic E-state index is -0.909. The first-order valence-electron chi connectivity index (χ1n) is 4.69. The highest BCUT2D eigenvalue weighted by Crippen LogP contribution is 2.28. The number of carbonyl (C=O) groups is 2. The van der Waals surface area contributed by atoms with E-state index < -0.39 is 17.9 Å². The van der Waals surface area contributed by atoms with Crippen molar-refractivity contribution >= 4 is 23.4 Å². The van der Waals surface area contributed by atoms with Crippen LogP contribution in [-0.4, -0.2) is 17.9 Å². The molecule has 1 heterocycles. The number of Topliss-reactive ketones (excluding diaryl/α,β-unsaturated/α-hetero) is 1. The molecule has 1 unspecified atom stereocenters. The van der Waals surface area contributed by atoms with Gasteiger partial charge in [0.25, 0.3) is 0 Å². The van der Waals surface area contributed by atoms with E-state index in [-0.39, 0.29) is 28.4 Å². The molecule has 0 saturated heterocycles. The van der Waals surface area contributed by atoms with Crippen molar-refractivity contribution in [3.05, 3.63) is 34.1 Å². The molecule has 16 heavy (non-hydrogen) atoms. The Hall–Kier alpha value is -1.42. The highest BCUT2D eigenvalue weighted by Gasteiger charge is 2.31. The van der Waals surface area contributed by atoms with Crippen LogP contribution in [0.4, 0.5) is 4.39 Å². The Morgan fingerprint density at radius 2 is 2.25 bits per heavy atom. The van der Waals surface area contributed by atoms with Crippen molar-refractivity contribution in [1.29, 1.82) is 0 Å². The number of cyclic esters (lactones) is 1. The Morgan fingerprint density at radius 3 is 2.88 bits per heavy atom. The molecule has 2 rings (SSSR count). The number of hydrogen-bond acceptors (Lipinski definition) is 3. The number of fused-ring (bicyclic) bond motifs is 1. The van der Waals surface area contributed by atoms with Crippen molar-refractivity contribution in [2.75, 3.05) is 0 Å². The molecule has 0 amide bonds. The van der Waals surface area contributed by atoms with Crippen molar-refractivity contribution < 1.29 is 18.7 Å². The Balaban J connectivity index is 2.51. The third-order valence-corrected chi connectivity index (χ3v) is 2.80. The van der Waals surface area contributed by atoms with Gasteiger partial charge in [-0.2, -0.15) is 0 Å². The molecule has 0 saturated carbocycles. The molecule has 1 aromatic carbocycles. The molecule has 0 spiro atoms. The van der Waals surface area contributed by atoms with E-state index in [1.807, 2.05) is 0 Å². The van der Waals surface area contributed by atoms with Gasteiger partial charge in [0.2, 0.25) is 0 Å². The molecule has 0 radical (unpaired) electrons. The number of ketones is 1. The van der Waals surface area contributed by atoms with Crippen molar-refractivity contribution in [2.24, 2.45) is 0 Å². The molecular formula is C11H8ClFO3. The summed E-state index contributed by atoms with van der Waals surface area (Å²) >= 11 is 5.61. The van der Waals surface area contributed by atoms with Crippen molar-refractivity contribution in [3.8, 4) is 0 Å². The van der Waals surface area contributed by atoms with Crippen LogP contribution in [0.25, 0.3) is 0 Å². The minimum Gasteiger partial charge on any atom is -0.450 e. The van der Waals surface area contributed by atoms with Crippen LogP contribution in [0.15, 0.2) is 12.1 Å². The molecule has 0 aliphatic carbocycles. The largest absolute Gasteiger partial charge is 0.450 e. The van der Waals surface area contributed by atoms with Crippen LogP contribution >= 0.6 is 11.6 Å². The van der Waals surface area contributed by atoms with Gasteiger partial charge in [-0.3, -0.25) is 4.79 Å². The predicted octanol–water partition coefficient (Wildman–Crippen LogP) is 2.15. The highest BCUT2D eigenvalue weighted by molar-refractivity contribution is 6.31. The SMILES string of the molecule is CC(=O)C1Cc2c(ccc(Cl)c2F)C(=O)O1. The molecule has 1 atom stereocenters. The number of esters is 1. The number of rotatable bonds is 1. The molecule has 0 aromatic heterocycles. The molecule has 3 nitrogen and oxygen atoms in total. The highest BCUT2D eigenvalue weighted by atomic mass is 35.5. The van der Waals surface area contributed by atoms with Crippen LogP contribution in [0.5, 0.6) is 0 Å². The number of carbonyl (C=O) groups excluding carboxylic acids is 2. The van der Waals surface area contributed by atoms with Gasteiger partial charge >= 0.3 is 5.97 Å². The van der Waals surface area contributed by atoms with Gasteiger partial charge in [0.15, 0.2) is 11.9 Å². The smallest absolute Gasteiger partial charge is 0.339 e. The molecule has 84 valence electrons. The lowest BCUT2D eigenvalue weighted by molar-refractivity contribution is -0.125. The van der Waals surface area contributed by atoms with Crippen LogP contribution in [0.3, 0.4) is 0 Å². The fourth-order valence-electron chi connectivity index (χ4n) is 1.63. The first kappa shape index (κ1) is 11.1. The summed E-state index contributed by atoms with van der Waals surface area (Å²) in [4.78, 5) is 22.6. The van der Waals surface area contributed by atoms with Crippen LogP contribution in [0.2, 0.25) is 5.02 Å². The van der Waals surface area contributed by atoms with Gasteiger partial charge in [-0.05, 0) is 19.1 Å². The summed E-state index contributed by atoms with van der Waals surface area (Å²) in [6, 6.07) is 2.70. The standard InChI is InChI=1S/C11H8ClFO3/c1-5(14)9-4-7-6(11(15)16-9)2-3-8(12)10(7)13/h2-3,9H,4H2,1H3. The summed E-state index contributed by atoms with van der Waals surface area (Å²) < 4.78 is 18.5. The zero-order valence-electron chi connectivity index (χ0n) is 8.42. The zero-order valence-corrected chi connectivity index (χ0v) is 9.18. The molecule has 5 heteroatoms. The van der Waals surface area contributed by atoms with Crippen molar-refractivity contribution in [1.82, 2.24) is 0 Å². The molecule has 1 aliphatic heterocycles.